The van der Waals surface area contributed by atoms with E-state index in [-0.39, 0.29) is 23.8 Å². The lowest BCUT2D eigenvalue weighted by atomic mass is 9.95. The average molecular weight is 436 g/mol. The molecule has 1 fully saturated rings. The highest BCUT2D eigenvalue weighted by atomic mass is 16.5. The maximum Gasteiger partial charge on any atom is 0.337 e. The molecule has 1 heterocycles. The van der Waals surface area contributed by atoms with Gasteiger partial charge in [-0.1, -0.05) is 61.5 Å². The minimum Gasteiger partial charge on any atom is -0.465 e. The van der Waals surface area contributed by atoms with E-state index in [9.17, 15) is 14.7 Å². The molecule has 0 aliphatic carbocycles. The van der Waals surface area contributed by atoms with E-state index in [2.05, 4.69) is 19.1 Å². The molecule has 2 aromatic rings. The monoisotopic (exact) mass is 435 g/mol. The van der Waals surface area contributed by atoms with Crippen molar-refractivity contribution in [3.8, 4) is 0 Å². The van der Waals surface area contributed by atoms with Crippen LogP contribution in [0.1, 0.15) is 47.7 Å². The smallest absolute Gasteiger partial charge is 0.337 e. The highest BCUT2D eigenvalue weighted by molar-refractivity contribution is 5.89. The second kappa shape index (κ2) is 11.6. The number of esters is 1. The molecule has 0 radical (unpaired) electrons. The van der Waals surface area contributed by atoms with Gasteiger partial charge in [0, 0.05) is 13.0 Å². The summed E-state index contributed by atoms with van der Waals surface area (Å²) in [5, 5.41) is 10.6. The van der Waals surface area contributed by atoms with Crippen LogP contribution in [0, 0.1) is 5.92 Å². The van der Waals surface area contributed by atoms with Crippen LogP contribution in [0.5, 0.6) is 0 Å². The molecule has 0 spiro atoms. The maximum atomic E-state index is 12.4. The van der Waals surface area contributed by atoms with Crippen LogP contribution in [0.3, 0.4) is 0 Å². The summed E-state index contributed by atoms with van der Waals surface area (Å²) in [5.41, 5.74) is 2.86. The van der Waals surface area contributed by atoms with Crippen molar-refractivity contribution in [2.24, 2.45) is 5.92 Å². The summed E-state index contributed by atoms with van der Waals surface area (Å²) < 4.78 is 4.73. The summed E-state index contributed by atoms with van der Waals surface area (Å²) in [6, 6.07) is 17.6. The summed E-state index contributed by atoms with van der Waals surface area (Å²) in [4.78, 5) is 25.9. The lowest BCUT2D eigenvalue weighted by Crippen LogP contribution is -2.34. The summed E-state index contributed by atoms with van der Waals surface area (Å²) in [5.74, 6) is -0.0594. The largest absolute Gasteiger partial charge is 0.465 e. The number of methoxy groups -OCH3 is 1. The zero-order chi connectivity index (χ0) is 22.9. The van der Waals surface area contributed by atoms with E-state index in [1.807, 2.05) is 47.4 Å². The van der Waals surface area contributed by atoms with Crippen molar-refractivity contribution in [3.05, 3.63) is 83.4 Å². The minimum atomic E-state index is -0.526. The van der Waals surface area contributed by atoms with Crippen molar-refractivity contribution in [1.29, 1.82) is 0 Å². The second-order valence-corrected chi connectivity index (χ2v) is 8.51. The van der Waals surface area contributed by atoms with Gasteiger partial charge in [-0.15, -0.1) is 0 Å². The van der Waals surface area contributed by atoms with Crippen molar-refractivity contribution < 1.29 is 19.4 Å². The van der Waals surface area contributed by atoms with Gasteiger partial charge >= 0.3 is 5.97 Å². The topological polar surface area (TPSA) is 66.8 Å². The predicted octanol–water partition coefficient (Wildman–Crippen LogP) is 4.19. The van der Waals surface area contributed by atoms with Gasteiger partial charge in [-0.25, -0.2) is 4.79 Å². The van der Waals surface area contributed by atoms with Crippen LogP contribution in [-0.2, 0) is 22.4 Å². The van der Waals surface area contributed by atoms with Crippen molar-refractivity contribution in [3.63, 3.8) is 0 Å². The van der Waals surface area contributed by atoms with Crippen LogP contribution in [0.25, 0.3) is 0 Å². The van der Waals surface area contributed by atoms with Crippen molar-refractivity contribution in [2.75, 3.05) is 13.7 Å². The molecule has 0 aromatic heterocycles. The Morgan fingerprint density at radius 3 is 2.50 bits per heavy atom. The number of hydrogen-bond donors (Lipinski definition) is 1. The highest BCUT2D eigenvalue weighted by Crippen LogP contribution is 2.22. The predicted molar refractivity (Wildman–Crippen MR) is 125 cm³/mol. The molecule has 1 amide bonds. The number of aliphatic hydroxyl groups is 1. The number of carbonyl (C=O) groups excluding carboxylic acids is 2. The van der Waals surface area contributed by atoms with Crippen LogP contribution >= 0.6 is 0 Å². The number of benzene rings is 2. The third-order valence-electron chi connectivity index (χ3n) is 6.24. The minimum absolute atomic E-state index is 0.0211. The van der Waals surface area contributed by atoms with E-state index >= 15 is 0 Å². The molecule has 5 nitrogen and oxygen atoms in total. The fourth-order valence-corrected chi connectivity index (χ4v) is 4.06. The SMILES string of the molecule is COC(=O)c1ccc(CCN2C(=O)CC[C@@H]2C=C[C@@H](O)[C@@H](C)CCc2ccccc2)cc1. The molecule has 32 heavy (non-hydrogen) atoms. The Morgan fingerprint density at radius 1 is 1.12 bits per heavy atom. The average Bonchev–Trinajstić information content (AvgIpc) is 3.19. The van der Waals surface area contributed by atoms with Gasteiger partial charge in [-0.3, -0.25) is 4.79 Å². The molecule has 1 aliphatic heterocycles. The van der Waals surface area contributed by atoms with E-state index in [1.165, 1.54) is 12.7 Å². The van der Waals surface area contributed by atoms with Crippen molar-refractivity contribution >= 4 is 11.9 Å². The molecule has 0 saturated carbocycles. The second-order valence-electron chi connectivity index (χ2n) is 8.51. The fourth-order valence-electron chi connectivity index (χ4n) is 4.06. The number of carbonyl (C=O) groups is 2. The van der Waals surface area contributed by atoms with Gasteiger partial charge < -0.3 is 14.7 Å². The molecular weight excluding hydrogens is 402 g/mol. The lowest BCUT2D eigenvalue weighted by Gasteiger charge is -2.23. The van der Waals surface area contributed by atoms with E-state index in [0.717, 1.165) is 24.8 Å². The van der Waals surface area contributed by atoms with Gasteiger partial charge in [-0.2, -0.15) is 0 Å². The van der Waals surface area contributed by atoms with Gasteiger partial charge in [0.1, 0.15) is 0 Å². The van der Waals surface area contributed by atoms with E-state index in [4.69, 9.17) is 4.74 Å². The van der Waals surface area contributed by atoms with Gasteiger partial charge in [0.25, 0.3) is 0 Å². The number of ether oxygens (including phenoxy) is 1. The van der Waals surface area contributed by atoms with Crippen LogP contribution in [0.4, 0.5) is 0 Å². The molecule has 3 atom stereocenters. The molecule has 5 heteroatoms. The summed E-state index contributed by atoms with van der Waals surface area (Å²) in [6.45, 7) is 2.68. The number of aliphatic hydroxyl groups excluding tert-OH is 1. The number of hydrogen-bond acceptors (Lipinski definition) is 4. The summed E-state index contributed by atoms with van der Waals surface area (Å²) in [7, 11) is 1.36. The van der Waals surface area contributed by atoms with Gasteiger partial charge in [0.05, 0.1) is 24.8 Å². The quantitative estimate of drug-likeness (QED) is 0.449. The Bertz CT molecular complexity index is 907. The maximum absolute atomic E-state index is 12.4. The molecular formula is C27H33NO4. The van der Waals surface area contributed by atoms with Crippen LogP contribution in [0.15, 0.2) is 66.7 Å². The fraction of sp³-hybridized carbons (Fsp3) is 0.407. The Labute approximate surface area is 190 Å². The number of likely N-dealkylation sites (tertiary alicyclic amines) is 1. The molecule has 1 aliphatic rings. The third kappa shape index (κ3) is 6.54. The first kappa shape index (κ1) is 23.7. The highest BCUT2D eigenvalue weighted by Gasteiger charge is 2.29. The molecule has 0 unspecified atom stereocenters. The van der Waals surface area contributed by atoms with E-state index < -0.39 is 6.10 Å². The normalized spacial score (nSPS) is 18.2. The van der Waals surface area contributed by atoms with Crippen molar-refractivity contribution in [2.45, 2.75) is 51.2 Å². The first-order valence-corrected chi connectivity index (χ1v) is 11.3. The molecule has 170 valence electrons. The lowest BCUT2D eigenvalue weighted by molar-refractivity contribution is -0.128. The Balaban J connectivity index is 1.51. The zero-order valence-corrected chi connectivity index (χ0v) is 18.9. The third-order valence-corrected chi connectivity index (χ3v) is 6.24. The standard InChI is InChI=1S/C27H33NO4/c1-20(8-9-21-6-4-3-5-7-21)25(29)16-14-24-15-17-26(30)28(24)19-18-22-10-12-23(13-11-22)27(31)32-2/h3-7,10-14,16,20,24-25,29H,8-9,15,17-19H2,1-2H3/t20-,24-,25+/m0/s1. The first-order valence-electron chi connectivity index (χ1n) is 11.3. The van der Waals surface area contributed by atoms with Gasteiger partial charge in [-0.05, 0) is 54.9 Å². The number of amides is 1. The first-order chi connectivity index (χ1) is 15.5. The molecule has 1 N–H and O–H groups in total. The van der Waals surface area contributed by atoms with E-state index in [1.54, 1.807) is 12.1 Å². The molecule has 2 aromatic carbocycles. The van der Waals surface area contributed by atoms with Crippen LogP contribution < -0.4 is 0 Å². The van der Waals surface area contributed by atoms with Crippen LogP contribution in [0.2, 0.25) is 0 Å². The Hall–Kier alpha value is -2.92. The Kier molecular flexibility index (Phi) is 8.63. The Morgan fingerprint density at radius 2 is 1.81 bits per heavy atom. The number of nitrogens with zero attached hydrogens (tertiary/aromatic N) is 1. The molecule has 0 bridgehead atoms. The summed E-state index contributed by atoms with van der Waals surface area (Å²) in [6.07, 6.45) is 7.21. The zero-order valence-electron chi connectivity index (χ0n) is 18.9. The van der Waals surface area contributed by atoms with Gasteiger partial charge in [0.2, 0.25) is 5.91 Å². The number of aryl methyl sites for hydroxylation is 1. The summed E-state index contributed by atoms with van der Waals surface area (Å²) >= 11 is 0. The van der Waals surface area contributed by atoms with Gasteiger partial charge in [0.15, 0.2) is 0 Å². The molecule has 3 rings (SSSR count). The molecule has 1 saturated heterocycles. The number of rotatable bonds is 10. The van der Waals surface area contributed by atoms with E-state index in [0.29, 0.717) is 24.9 Å². The van der Waals surface area contributed by atoms with Crippen molar-refractivity contribution in [1.82, 2.24) is 4.90 Å². The van der Waals surface area contributed by atoms with Crippen LogP contribution in [-0.4, -0.2) is 47.7 Å².